The van der Waals surface area contributed by atoms with Crippen LogP contribution in [0.5, 0.6) is 0 Å². The van der Waals surface area contributed by atoms with Crippen molar-refractivity contribution in [3.05, 3.63) is 0 Å². The van der Waals surface area contributed by atoms with Crippen molar-refractivity contribution in [3.8, 4) is 0 Å². The quantitative estimate of drug-likeness (QED) is 0.497. The van der Waals surface area contributed by atoms with Crippen LogP contribution in [-0.2, 0) is 0 Å². The molecule has 0 saturated heterocycles. The Kier molecular flexibility index (Phi) is 3.39. The molecule has 0 unspecified atom stereocenters. The van der Waals surface area contributed by atoms with Crippen molar-refractivity contribution in [1.82, 2.24) is 0 Å². The molecule has 0 bridgehead atoms. The Morgan fingerprint density at radius 2 is 2.00 bits per heavy atom. The van der Waals surface area contributed by atoms with Crippen molar-refractivity contribution < 1.29 is 0 Å². The molecule has 4 nitrogen and oxygen atoms in total. The molecule has 0 spiro atoms. The van der Waals surface area contributed by atoms with Gasteiger partial charge in [0.1, 0.15) is 0 Å². The van der Waals surface area contributed by atoms with Crippen LogP contribution in [0.3, 0.4) is 0 Å². The maximum Gasteiger partial charge on any atom is 0.283 e. The van der Waals surface area contributed by atoms with Crippen molar-refractivity contribution in [2.45, 2.75) is 51.7 Å². The van der Waals surface area contributed by atoms with Gasteiger partial charge in [-0.15, -0.1) is 10.2 Å². The molecule has 0 aliphatic carbocycles. The first-order valence-electron chi connectivity index (χ1n) is 5.00. The maximum absolute atomic E-state index is 5.75. The highest BCUT2D eigenvalue weighted by Gasteiger charge is 2.38. The van der Waals surface area contributed by atoms with Crippen LogP contribution >= 0.6 is 0 Å². The average molecular weight is 182 g/mol. The van der Waals surface area contributed by atoms with Gasteiger partial charge in [0.15, 0.2) is 0 Å². The second kappa shape index (κ2) is 4.35. The first-order valence-corrected chi connectivity index (χ1v) is 5.00. The lowest BCUT2D eigenvalue weighted by molar-refractivity contribution is 0.562. The largest absolute Gasteiger partial charge is 0.387 e. The van der Waals surface area contributed by atoms with E-state index in [1.807, 2.05) is 0 Å². The summed E-state index contributed by atoms with van der Waals surface area (Å²) in [7, 11) is 0. The van der Waals surface area contributed by atoms with Crippen LogP contribution in [-0.4, -0.2) is 11.6 Å². The number of aliphatic imine (C=N–C) groups is 1. The van der Waals surface area contributed by atoms with Gasteiger partial charge in [0.25, 0.3) is 5.79 Å². The molecular weight excluding hydrogens is 164 g/mol. The van der Waals surface area contributed by atoms with Crippen LogP contribution in [0, 0.1) is 0 Å². The van der Waals surface area contributed by atoms with E-state index < -0.39 is 5.79 Å². The molecule has 4 heteroatoms. The van der Waals surface area contributed by atoms with Crippen molar-refractivity contribution in [3.63, 3.8) is 0 Å². The summed E-state index contributed by atoms with van der Waals surface area (Å²) in [5.41, 5.74) is 5.75. The number of unbranched alkanes of at least 4 members (excludes halogenated alkanes) is 1. The second-order valence-corrected chi connectivity index (χ2v) is 3.43. The van der Waals surface area contributed by atoms with E-state index in [0.29, 0.717) is 5.84 Å². The molecule has 2 N–H and O–H groups in total. The summed E-state index contributed by atoms with van der Waals surface area (Å²) in [6.45, 7) is 4.24. The highest BCUT2D eigenvalue weighted by molar-refractivity contribution is 5.80. The highest BCUT2D eigenvalue weighted by Crippen LogP contribution is 2.34. The Morgan fingerprint density at radius 3 is 2.46 bits per heavy atom. The molecule has 1 heterocycles. The fourth-order valence-corrected chi connectivity index (χ4v) is 1.24. The molecule has 1 aliphatic heterocycles. The fourth-order valence-electron chi connectivity index (χ4n) is 1.24. The number of rotatable bonds is 6. The standard InChI is InChI=1S/C9H18N4/c1-3-5-6-8(10)11-9(7-4-2)12-13-9/h3-7H2,1-2H3,(H2,10,11). The van der Waals surface area contributed by atoms with Crippen molar-refractivity contribution >= 4 is 5.84 Å². The Morgan fingerprint density at radius 1 is 1.31 bits per heavy atom. The summed E-state index contributed by atoms with van der Waals surface area (Å²) in [4.78, 5) is 4.31. The van der Waals surface area contributed by atoms with Gasteiger partial charge in [-0.3, -0.25) is 0 Å². The molecular formula is C9H18N4. The van der Waals surface area contributed by atoms with E-state index in [1.54, 1.807) is 0 Å². The number of nitrogens with zero attached hydrogens (tertiary/aromatic N) is 3. The summed E-state index contributed by atoms with van der Waals surface area (Å²) in [6, 6.07) is 0. The Balaban J connectivity index is 2.35. The van der Waals surface area contributed by atoms with Gasteiger partial charge in [-0.05, 0) is 12.8 Å². The lowest BCUT2D eigenvalue weighted by Crippen LogP contribution is -2.18. The van der Waals surface area contributed by atoms with E-state index >= 15 is 0 Å². The molecule has 0 saturated carbocycles. The van der Waals surface area contributed by atoms with Crippen LogP contribution in [0.15, 0.2) is 15.2 Å². The summed E-state index contributed by atoms with van der Waals surface area (Å²) >= 11 is 0. The molecule has 0 aromatic rings. The van der Waals surface area contributed by atoms with Crippen LogP contribution in [0.1, 0.15) is 46.0 Å². The molecule has 0 fully saturated rings. The van der Waals surface area contributed by atoms with Gasteiger partial charge >= 0.3 is 0 Å². The van der Waals surface area contributed by atoms with Gasteiger partial charge in [0.05, 0.1) is 5.84 Å². The van der Waals surface area contributed by atoms with Crippen LogP contribution in [0.4, 0.5) is 0 Å². The molecule has 0 atom stereocenters. The first-order chi connectivity index (χ1) is 6.22. The summed E-state index contributed by atoms with van der Waals surface area (Å²) in [5, 5.41) is 7.86. The highest BCUT2D eigenvalue weighted by atomic mass is 15.5. The molecule has 1 aliphatic rings. The van der Waals surface area contributed by atoms with E-state index in [1.165, 1.54) is 0 Å². The predicted molar refractivity (Wildman–Crippen MR) is 53.6 cm³/mol. The monoisotopic (exact) mass is 182 g/mol. The number of nitrogens with two attached hydrogens (primary N) is 1. The zero-order chi connectivity index (χ0) is 9.73. The molecule has 0 aromatic heterocycles. The maximum atomic E-state index is 5.75. The molecule has 0 radical (unpaired) electrons. The van der Waals surface area contributed by atoms with Gasteiger partial charge < -0.3 is 5.73 Å². The van der Waals surface area contributed by atoms with Gasteiger partial charge in [-0.2, -0.15) is 0 Å². The summed E-state index contributed by atoms with van der Waals surface area (Å²) in [5.74, 6) is 0.229. The third-order valence-electron chi connectivity index (χ3n) is 2.03. The molecule has 74 valence electrons. The average Bonchev–Trinajstić information content (AvgIpc) is 2.82. The minimum Gasteiger partial charge on any atom is -0.387 e. The van der Waals surface area contributed by atoms with E-state index in [4.69, 9.17) is 5.73 Å². The minimum atomic E-state index is -0.466. The molecule has 1 rings (SSSR count). The Hall–Kier alpha value is -0.930. The van der Waals surface area contributed by atoms with Crippen molar-refractivity contribution in [1.29, 1.82) is 0 Å². The van der Waals surface area contributed by atoms with Crippen molar-refractivity contribution in [2.24, 2.45) is 21.0 Å². The normalized spacial score (nSPS) is 19.1. The smallest absolute Gasteiger partial charge is 0.283 e. The van der Waals surface area contributed by atoms with E-state index in [9.17, 15) is 0 Å². The number of hydrogen-bond acceptors (Lipinski definition) is 3. The Bertz CT molecular complexity index is 214. The minimum absolute atomic E-state index is 0.466. The summed E-state index contributed by atoms with van der Waals surface area (Å²) < 4.78 is 0. The zero-order valence-electron chi connectivity index (χ0n) is 8.45. The van der Waals surface area contributed by atoms with E-state index in [-0.39, 0.29) is 0 Å². The summed E-state index contributed by atoms with van der Waals surface area (Å²) in [6.07, 6.45) is 5.03. The third-order valence-corrected chi connectivity index (χ3v) is 2.03. The zero-order valence-corrected chi connectivity index (χ0v) is 8.45. The van der Waals surface area contributed by atoms with Crippen LogP contribution < -0.4 is 5.73 Å². The number of amidine groups is 1. The van der Waals surface area contributed by atoms with Gasteiger partial charge in [0, 0.05) is 12.8 Å². The lowest BCUT2D eigenvalue weighted by Gasteiger charge is -2.04. The fraction of sp³-hybridized carbons (Fsp3) is 0.889. The Labute approximate surface area is 79.3 Å². The molecule has 13 heavy (non-hydrogen) atoms. The lowest BCUT2D eigenvalue weighted by atomic mass is 10.2. The van der Waals surface area contributed by atoms with Crippen LogP contribution in [0.25, 0.3) is 0 Å². The number of hydrogen-bond donors (Lipinski definition) is 1. The van der Waals surface area contributed by atoms with Gasteiger partial charge in [-0.25, -0.2) is 4.99 Å². The van der Waals surface area contributed by atoms with E-state index in [0.717, 1.165) is 32.1 Å². The SMILES string of the molecule is CCCC/C(N)=N/C1(CCC)N=N1. The third kappa shape index (κ3) is 3.13. The second-order valence-electron chi connectivity index (χ2n) is 3.43. The van der Waals surface area contributed by atoms with Gasteiger partial charge in [-0.1, -0.05) is 20.3 Å². The first kappa shape index (κ1) is 10.2. The van der Waals surface area contributed by atoms with Crippen molar-refractivity contribution in [2.75, 3.05) is 0 Å². The molecule has 0 aromatic carbocycles. The molecule has 0 amide bonds. The topological polar surface area (TPSA) is 63.1 Å². The predicted octanol–water partition coefficient (Wildman–Crippen LogP) is 2.45. The van der Waals surface area contributed by atoms with Gasteiger partial charge in [0.2, 0.25) is 0 Å². The van der Waals surface area contributed by atoms with E-state index in [2.05, 4.69) is 29.1 Å². The van der Waals surface area contributed by atoms with Crippen LogP contribution in [0.2, 0.25) is 0 Å².